The fourth-order valence-electron chi connectivity index (χ4n) is 2.13. The number of nitrogens with one attached hydrogen (secondary N) is 1. The van der Waals surface area contributed by atoms with E-state index >= 15 is 0 Å². The lowest BCUT2D eigenvalue weighted by Crippen LogP contribution is -2.45. The SMILES string of the molecule is CC(C)(C(=O)NCC(N)C1CC1)c1cccc(F)c1. The highest BCUT2D eigenvalue weighted by atomic mass is 19.1. The fraction of sp³-hybridized carbons (Fsp3) is 0.533. The number of halogens is 1. The number of hydrogen-bond acceptors (Lipinski definition) is 2. The molecule has 0 aromatic heterocycles. The van der Waals surface area contributed by atoms with Crippen LogP contribution in [0, 0.1) is 11.7 Å². The van der Waals surface area contributed by atoms with Gasteiger partial charge in [0.2, 0.25) is 5.91 Å². The Balaban J connectivity index is 1.99. The van der Waals surface area contributed by atoms with Crippen LogP contribution in [0.4, 0.5) is 4.39 Å². The first-order valence-corrected chi connectivity index (χ1v) is 6.71. The molecule has 1 aliphatic rings. The summed E-state index contributed by atoms with van der Waals surface area (Å²) in [5.74, 6) is 0.111. The van der Waals surface area contributed by atoms with Crippen LogP contribution in [0.25, 0.3) is 0 Å². The van der Waals surface area contributed by atoms with E-state index in [1.165, 1.54) is 12.1 Å². The van der Waals surface area contributed by atoms with Crippen molar-refractivity contribution < 1.29 is 9.18 Å². The molecule has 3 nitrogen and oxygen atoms in total. The third-order valence-electron chi connectivity index (χ3n) is 3.84. The number of amides is 1. The van der Waals surface area contributed by atoms with Gasteiger partial charge in [-0.2, -0.15) is 0 Å². The van der Waals surface area contributed by atoms with Gasteiger partial charge in [-0.3, -0.25) is 4.79 Å². The molecule has 4 heteroatoms. The number of benzene rings is 1. The van der Waals surface area contributed by atoms with E-state index in [4.69, 9.17) is 5.73 Å². The molecule has 1 aliphatic carbocycles. The van der Waals surface area contributed by atoms with Crippen molar-refractivity contribution in [3.63, 3.8) is 0 Å². The normalized spacial score (nSPS) is 17.1. The molecule has 1 unspecified atom stereocenters. The lowest BCUT2D eigenvalue weighted by molar-refractivity contribution is -0.125. The van der Waals surface area contributed by atoms with E-state index in [9.17, 15) is 9.18 Å². The Morgan fingerprint density at radius 1 is 1.53 bits per heavy atom. The molecule has 0 saturated heterocycles. The number of nitrogens with two attached hydrogens (primary N) is 1. The van der Waals surface area contributed by atoms with Crippen LogP contribution >= 0.6 is 0 Å². The lowest BCUT2D eigenvalue weighted by Gasteiger charge is -2.25. The summed E-state index contributed by atoms with van der Waals surface area (Å²) in [6, 6.07) is 6.20. The van der Waals surface area contributed by atoms with E-state index in [1.54, 1.807) is 26.0 Å². The van der Waals surface area contributed by atoms with Crippen molar-refractivity contribution >= 4 is 5.91 Å². The summed E-state index contributed by atoms with van der Waals surface area (Å²) in [6.45, 7) is 4.07. The van der Waals surface area contributed by atoms with E-state index in [2.05, 4.69) is 5.32 Å². The van der Waals surface area contributed by atoms with Gasteiger partial charge in [0.1, 0.15) is 5.82 Å². The molecule has 1 aromatic rings. The molecule has 3 N–H and O–H groups in total. The Morgan fingerprint density at radius 3 is 2.79 bits per heavy atom. The van der Waals surface area contributed by atoms with Crippen LogP contribution in [-0.4, -0.2) is 18.5 Å². The monoisotopic (exact) mass is 264 g/mol. The summed E-state index contributed by atoms with van der Waals surface area (Å²) < 4.78 is 13.2. The highest BCUT2D eigenvalue weighted by molar-refractivity contribution is 5.87. The minimum Gasteiger partial charge on any atom is -0.354 e. The topological polar surface area (TPSA) is 55.1 Å². The molecule has 0 spiro atoms. The van der Waals surface area contributed by atoms with E-state index in [-0.39, 0.29) is 17.8 Å². The Hall–Kier alpha value is -1.42. The summed E-state index contributed by atoms with van der Waals surface area (Å²) >= 11 is 0. The summed E-state index contributed by atoms with van der Waals surface area (Å²) in [4.78, 5) is 12.2. The molecule has 0 heterocycles. The summed E-state index contributed by atoms with van der Waals surface area (Å²) in [7, 11) is 0. The summed E-state index contributed by atoms with van der Waals surface area (Å²) in [5.41, 5.74) is 5.87. The molecule has 1 amide bonds. The van der Waals surface area contributed by atoms with Crippen molar-refractivity contribution in [2.45, 2.75) is 38.1 Å². The molecule has 0 aliphatic heterocycles. The van der Waals surface area contributed by atoms with Crippen molar-refractivity contribution in [1.29, 1.82) is 0 Å². The van der Waals surface area contributed by atoms with Gasteiger partial charge < -0.3 is 11.1 Å². The average molecular weight is 264 g/mol. The molecule has 1 aromatic carbocycles. The Kier molecular flexibility index (Phi) is 3.90. The van der Waals surface area contributed by atoms with E-state index in [0.29, 0.717) is 18.0 Å². The van der Waals surface area contributed by atoms with E-state index in [0.717, 1.165) is 12.8 Å². The third kappa shape index (κ3) is 3.32. The zero-order valence-corrected chi connectivity index (χ0v) is 11.4. The maximum Gasteiger partial charge on any atom is 0.230 e. The Labute approximate surface area is 113 Å². The molecule has 19 heavy (non-hydrogen) atoms. The highest BCUT2D eigenvalue weighted by Crippen LogP contribution is 2.31. The molecule has 2 rings (SSSR count). The van der Waals surface area contributed by atoms with Gasteiger partial charge in [-0.15, -0.1) is 0 Å². The predicted molar refractivity (Wildman–Crippen MR) is 73.1 cm³/mol. The largest absolute Gasteiger partial charge is 0.354 e. The fourth-order valence-corrected chi connectivity index (χ4v) is 2.13. The first kappa shape index (κ1) is 14.0. The van der Waals surface area contributed by atoms with Crippen molar-refractivity contribution in [2.75, 3.05) is 6.54 Å². The van der Waals surface area contributed by atoms with Crippen LogP contribution in [0.3, 0.4) is 0 Å². The minimum atomic E-state index is -0.759. The van der Waals surface area contributed by atoms with Crippen LogP contribution in [0.2, 0.25) is 0 Å². The second-order valence-corrected chi connectivity index (χ2v) is 5.85. The molecule has 104 valence electrons. The van der Waals surface area contributed by atoms with Crippen LogP contribution < -0.4 is 11.1 Å². The number of rotatable bonds is 5. The van der Waals surface area contributed by atoms with Gasteiger partial charge in [0.05, 0.1) is 5.41 Å². The number of carbonyl (C=O) groups is 1. The zero-order valence-electron chi connectivity index (χ0n) is 11.4. The summed E-state index contributed by atoms with van der Waals surface area (Å²) in [6.07, 6.45) is 2.31. The molecule has 0 bridgehead atoms. The van der Waals surface area contributed by atoms with Gasteiger partial charge in [0.15, 0.2) is 0 Å². The van der Waals surface area contributed by atoms with E-state index < -0.39 is 5.41 Å². The van der Waals surface area contributed by atoms with Gasteiger partial charge in [-0.25, -0.2) is 4.39 Å². The van der Waals surface area contributed by atoms with Crippen LogP contribution in [0.1, 0.15) is 32.3 Å². The second kappa shape index (κ2) is 5.29. The van der Waals surface area contributed by atoms with Crippen molar-refractivity contribution in [3.8, 4) is 0 Å². The maximum absolute atomic E-state index is 13.2. The predicted octanol–water partition coefficient (Wildman–Crippen LogP) is 1.96. The van der Waals surface area contributed by atoms with Crippen molar-refractivity contribution in [1.82, 2.24) is 5.32 Å². The summed E-state index contributed by atoms with van der Waals surface area (Å²) in [5, 5.41) is 2.88. The molecular weight excluding hydrogens is 243 g/mol. The molecule has 1 atom stereocenters. The molecule has 1 saturated carbocycles. The zero-order chi connectivity index (χ0) is 14.0. The van der Waals surface area contributed by atoms with E-state index in [1.807, 2.05) is 0 Å². The Bertz CT molecular complexity index is 469. The number of carbonyl (C=O) groups excluding carboxylic acids is 1. The highest BCUT2D eigenvalue weighted by Gasteiger charge is 2.32. The third-order valence-corrected chi connectivity index (χ3v) is 3.84. The second-order valence-electron chi connectivity index (χ2n) is 5.85. The standard InChI is InChI=1S/C15H21FN2O/c1-15(2,11-4-3-5-12(16)8-11)14(19)18-9-13(17)10-6-7-10/h3-5,8,10,13H,6-7,9,17H2,1-2H3,(H,18,19). The molecule has 1 fully saturated rings. The van der Waals surface area contributed by atoms with Crippen LogP contribution in [-0.2, 0) is 10.2 Å². The molecular formula is C15H21FN2O. The van der Waals surface area contributed by atoms with Crippen LogP contribution in [0.5, 0.6) is 0 Å². The average Bonchev–Trinajstić information content (AvgIpc) is 3.19. The lowest BCUT2D eigenvalue weighted by atomic mass is 9.83. The van der Waals surface area contributed by atoms with Gasteiger partial charge >= 0.3 is 0 Å². The van der Waals surface area contributed by atoms with Gasteiger partial charge in [-0.05, 0) is 50.3 Å². The first-order valence-electron chi connectivity index (χ1n) is 6.71. The number of hydrogen-bond donors (Lipinski definition) is 2. The van der Waals surface area contributed by atoms with Gasteiger partial charge in [0.25, 0.3) is 0 Å². The van der Waals surface area contributed by atoms with Gasteiger partial charge in [0, 0.05) is 12.6 Å². The van der Waals surface area contributed by atoms with Gasteiger partial charge in [-0.1, -0.05) is 12.1 Å². The van der Waals surface area contributed by atoms with Crippen molar-refractivity contribution in [2.24, 2.45) is 11.7 Å². The van der Waals surface area contributed by atoms with Crippen molar-refractivity contribution in [3.05, 3.63) is 35.6 Å². The smallest absolute Gasteiger partial charge is 0.230 e. The Morgan fingerprint density at radius 2 is 2.21 bits per heavy atom. The maximum atomic E-state index is 13.2. The quantitative estimate of drug-likeness (QED) is 0.854. The molecule has 0 radical (unpaired) electrons. The minimum absolute atomic E-state index is 0.0345. The van der Waals surface area contributed by atoms with Crippen LogP contribution in [0.15, 0.2) is 24.3 Å². The first-order chi connectivity index (χ1) is 8.91.